The minimum absolute atomic E-state index is 0.123. The van der Waals surface area contributed by atoms with Crippen molar-refractivity contribution in [3.63, 3.8) is 0 Å². The molecule has 0 aliphatic rings. The second-order valence-electron chi connectivity index (χ2n) is 8.14. The zero-order valence-electron chi connectivity index (χ0n) is 19.0. The fourth-order valence-corrected chi connectivity index (χ4v) is 3.26. The molecule has 0 atom stereocenters. The van der Waals surface area contributed by atoms with Crippen molar-refractivity contribution in [2.24, 2.45) is 5.92 Å². The first-order chi connectivity index (χ1) is 14.7. The highest BCUT2D eigenvalue weighted by Gasteiger charge is 2.17. The van der Waals surface area contributed by atoms with E-state index in [1.165, 1.54) is 11.0 Å². The number of carbonyl (C=O) groups is 2. The summed E-state index contributed by atoms with van der Waals surface area (Å²) in [6.07, 6.45) is 2.58. The molecule has 2 rings (SSSR count). The molecule has 6 nitrogen and oxygen atoms in total. The molecule has 31 heavy (non-hydrogen) atoms. The number of nitrogens with zero attached hydrogens (tertiary/aromatic N) is 3. The number of hydrogen-bond acceptors (Lipinski definition) is 4. The lowest BCUT2D eigenvalue weighted by atomic mass is 10.1. The number of esters is 1. The van der Waals surface area contributed by atoms with Crippen LogP contribution in [0.1, 0.15) is 42.8 Å². The summed E-state index contributed by atoms with van der Waals surface area (Å²) in [5, 5.41) is 9.45. The number of amides is 1. The van der Waals surface area contributed by atoms with E-state index in [-0.39, 0.29) is 11.5 Å². The molecule has 0 fully saturated rings. The summed E-state index contributed by atoms with van der Waals surface area (Å²) >= 11 is 0. The van der Waals surface area contributed by atoms with Gasteiger partial charge in [-0.1, -0.05) is 44.2 Å². The average Bonchev–Trinajstić information content (AvgIpc) is 3.01. The lowest BCUT2D eigenvalue weighted by Crippen LogP contribution is -2.31. The van der Waals surface area contributed by atoms with Crippen LogP contribution in [-0.2, 0) is 27.4 Å². The molecule has 1 amide bonds. The van der Waals surface area contributed by atoms with E-state index in [0.717, 1.165) is 35.5 Å². The van der Waals surface area contributed by atoms with Gasteiger partial charge in [-0.25, -0.2) is 4.79 Å². The normalized spacial score (nSPS) is 11.3. The van der Waals surface area contributed by atoms with E-state index in [1.807, 2.05) is 56.3 Å². The number of hydrogen-bond donors (Lipinski definition) is 0. The number of carbonyl (C=O) groups excluding carboxylic acids is 2. The molecule has 1 heterocycles. The fraction of sp³-hybridized carbons (Fsp3) is 0.400. The van der Waals surface area contributed by atoms with Crippen LogP contribution in [0, 0.1) is 31.1 Å². The molecule has 0 saturated carbocycles. The number of nitriles is 1. The van der Waals surface area contributed by atoms with Gasteiger partial charge in [0.05, 0.1) is 0 Å². The third-order valence-corrected chi connectivity index (χ3v) is 5.20. The Morgan fingerprint density at radius 1 is 1.23 bits per heavy atom. The summed E-state index contributed by atoms with van der Waals surface area (Å²) in [5.41, 5.74) is 3.74. The Balaban J connectivity index is 2.02. The highest BCUT2D eigenvalue weighted by molar-refractivity contribution is 5.99. The molecule has 1 aromatic heterocycles. The fourth-order valence-electron chi connectivity index (χ4n) is 3.26. The predicted octanol–water partition coefficient (Wildman–Crippen LogP) is 4.26. The molecule has 164 valence electrons. The topological polar surface area (TPSA) is 75.3 Å². The van der Waals surface area contributed by atoms with E-state index < -0.39 is 12.6 Å². The molecular weight excluding hydrogens is 390 g/mol. The summed E-state index contributed by atoms with van der Waals surface area (Å²) in [6, 6.07) is 13.4. The quantitative estimate of drug-likeness (QED) is 0.344. The van der Waals surface area contributed by atoms with Crippen molar-refractivity contribution >= 4 is 18.0 Å². The maximum atomic E-state index is 12.4. The molecule has 0 radical (unpaired) electrons. The molecule has 2 aromatic rings. The summed E-state index contributed by atoms with van der Waals surface area (Å²) in [5.74, 6) is -0.542. The van der Waals surface area contributed by atoms with Gasteiger partial charge in [0.25, 0.3) is 5.91 Å². The zero-order chi connectivity index (χ0) is 23.0. The number of rotatable bonds is 9. The van der Waals surface area contributed by atoms with Crippen LogP contribution in [0.2, 0.25) is 0 Å². The van der Waals surface area contributed by atoms with Gasteiger partial charge in [0.15, 0.2) is 6.61 Å². The van der Waals surface area contributed by atoms with Crippen molar-refractivity contribution in [2.75, 3.05) is 13.7 Å². The first kappa shape index (κ1) is 23.9. The second kappa shape index (κ2) is 11.2. The van der Waals surface area contributed by atoms with Crippen LogP contribution < -0.4 is 0 Å². The number of benzene rings is 1. The minimum atomic E-state index is -0.795. The molecule has 6 heteroatoms. The van der Waals surface area contributed by atoms with Crippen molar-refractivity contribution in [1.29, 1.82) is 5.26 Å². The molecular formula is C25H31N3O3. The van der Waals surface area contributed by atoms with E-state index in [2.05, 4.69) is 18.4 Å². The van der Waals surface area contributed by atoms with Crippen molar-refractivity contribution < 1.29 is 14.3 Å². The largest absolute Gasteiger partial charge is 0.451 e. The molecule has 0 N–H and O–H groups in total. The summed E-state index contributed by atoms with van der Waals surface area (Å²) < 4.78 is 7.30. The number of likely N-dealkylation sites (N-methyl/N-ethyl adjacent to an activating group) is 1. The average molecular weight is 422 g/mol. The molecule has 1 aromatic carbocycles. The Bertz CT molecular complexity index is 981. The lowest BCUT2D eigenvalue weighted by Gasteiger charge is -2.17. The summed E-state index contributed by atoms with van der Waals surface area (Å²) in [6.45, 7) is 9.24. The monoisotopic (exact) mass is 421 g/mol. The maximum absolute atomic E-state index is 12.4. The van der Waals surface area contributed by atoms with Crippen LogP contribution in [0.15, 0.2) is 42.0 Å². The maximum Gasteiger partial charge on any atom is 0.349 e. The van der Waals surface area contributed by atoms with Gasteiger partial charge in [0.2, 0.25) is 0 Å². The van der Waals surface area contributed by atoms with Gasteiger partial charge in [-0.05, 0) is 49.5 Å². The molecule has 0 aliphatic heterocycles. The van der Waals surface area contributed by atoms with Crippen molar-refractivity contribution in [2.45, 2.75) is 47.2 Å². The Hall–Kier alpha value is -3.33. The van der Waals surface area contributed by atoms with E-state index in [1.54, 1.807) is 7.05 Å². The second-order valence-corrected chi connectivity index (χ2v) is 8.14. The van der Waals surface area contributed by atoms with Crippen LogP contribution in [0.4, 0.5) is 0 Å². The molecule has 0 bridgehead atoms. The molecule has 0 unspecified atom stereocenters. The van der Waals surface area contributed by atoms with Crippen LogP contribution in [0.5, 0.6) is 0 Å². The predicted molar refractivity (Wildman–Crippen MR) is 121 cm³/mol. The molecule has 0 saturated heterocycles. The van der Waals surface area contributed by atoms with E-state index in [0.29, 0.717) is 12.5 Å². The zero-order valence-corrected chi connectivity index (χ0v) is 19.0. The smallest absolute Gasteiger partial charge is 0.349 e. The highest BCUT2D eigenvalue weighted by atomic mass is 16.5. The van der Waals surface area contributed by atoms with Gasteiger partial charge in [-0.15, -0.1) is 0 Å². The number of aromatic nitrogens is 1. The molecule has 0 aliphatic carbocycles. The lowest BCUT2D eigenvalue weighted by molar-refractivity contribution is -0.148. The summed E-state index contributed by atoms with van der Waals surface area (Å²) in [4.78, 5) is 26.2. The van der Waals surface area contributed by atoms with Gasteiger partial charge in [-0.3, -0.25) is 4.79 Å². The summed E-state index contributed by atoms with van der Waals surface area (Å²) in [7, 11) is 1.65. The van der Waals surface area contributed by atoms with E-state index in [9.17, 15) is 14.9 Å². The third kappa shape index (κ3) is 6.85. The van der Waals surface area contributed by atoms with Gasteiger partial charge in [0, 0.05) is 31.5 Å². The third-order valence-electron chi connectivity index (χ3n) is 5.20. The van der Waals surface area contributed by atoms with Crippen molar-refractivity contribution in [1.82, 2.24) is 9.47 Å². The Kier molecular flexibility index (Phi) is 8.63. The van der Waals surface area contributed by atoms with Crippen molar-refractivity contribution in [3.05, 3.63) is 64.5 Å². The first-order valence-corrected chi connectivity index (χ1v) is 10.5. The van der Waals surface area contributed by atoms with Crippen LogP contribution in [-0.4, -0.2) is 35.0 Å². The number of ether oxygens (including phenoxy) is 1. The first-order valence-electron chi connectivity index (χ1n) is 10.5. The van der Waals surface area contributed by atoms with Gasteiger partial charge < -0.3 is 14.2 Å². The van der Waals surface area contributed by atoms with E-state index in [4.69, 9.17) is 4.74 Å². The van der Waals surface area contributed by atoms with Gasteiger partial charge in [0.1, 0.15) is 11.6 Å². The van der Waals surface area contributed by atoms with Gasteiger partial charge in [-0.2, -0.15) is 5.26 Å². The van der Waals surface area contributed by atoms with Crippen molar-refractivity contribution in [3.8, 4) is 6.07 Å². The SMILES string of the molecule is Cc1cc(/C=C(\C#N)C(=O)OCC(=O)N(C)Cc2ccccc2)c(C)n1CCC(C)C. The Labute approximate surface area is 184 Å². The van der Waals surface area contributed by atoms with E-state index >= 15 is 0 Å². The van der Waals surface area contributed by atoms with Crippen LogP contribution in [0.25, 0.3) is 6.08 Å². The number of aryl methyl sites for hydroxylation is 1. The highest BCUT2D eigenvalue weighted by Crippen LogP contribution is 2.20. The van der Waals surface area contributed by atoms with Gasteiger partial charge >= 0.3 is 5.97 Å². The van der Waals surface area contributed by atoms with Crippen LogP contribution in [0.3, 0.4) is 0 Å². The standard InChI is InChI=1S/C25H31N3O3/c1-18(2)11-12-28-19(3)13-22(20(28)4)14-23(15-26)25(30)31-17-24(29)27(5)16-21-9-7-6-8-10-21/h6-10,13-14,18H,11-12,16-17H2,1-5H3/b23-14+. The molecule has 0 spiro atoms. The Morgan fingerprint density at radius 2 is 1.90 bits per heavy atom. The minimum Gasteiger partial charge on any atom is -0.451 e. The van der Waals surface area contributed by atoms with Crippen LogP contribution >= 0.6 is 0 Å². The Morgan fingerprint density at radius 3 is 2.52 bits per heavy atom.